The summed E-state index contributed by atoms with van der Waals surface area (Å²) in [6.45, 7) is 8.09. The Labute approximate surface area is 122 Å². The topological polar surface area (TPSA) is 27.7 Å². The first-order valence-electron chi connectivity index (χ1n) is 8.64. The van der Waals surface area contributed by atoms with E-state index < -0.39 is 0 Å². The molecule has 0 aromatic rings. The molecular weight excluding hydrogens is 250 g/mol. The summed E-state index contributed by atoms with van der Waals surface area (Å²) < 4.78 is 6.05. The van der Waals surface area contributed by atoms with Crippen LogP contribution in [0.25, 0.3) is 0 Å². The van der Waals surface area contributed by atoms with E-state index in [1.54, 1.807) is 0 Å². The molecule has 3 saturated heterocycles. The van der Waals surface area contributed by atoms with Gasteiger partial charge in [0.15, 0.2) is 0 Å². The smallest absolute Gasteiger partial charge is 0.0827 e. The Morgan fingerprint density at radius 3 is 2.90 bits per heavy atom. The highest BCUT2D eigenvalue weighted by Gasteiger charge is 2.39. The van der Waals surface area contributed by atoms with Crippen LogP contribution >= 0.6 is 0 Å². The monoisotopic (exact) mass is 279 g/mol. The van der Waals surface area contributed by atoms with Gasteiger partial charge in [0.2, 0.25) is 0 Å². The fraction of sp³-hybridized carbons (Fsp3) is 1.00. The van der Waals surface area contributed by atoms with Crippen molar-refractivity contribution >= 4 is 0 Å². The molecule has 0 aromatic carbocycles. The zero-order valence-electron chi connectivity index (χ0n) is 12.8. The highest BCUT2D eigenvalue weighted by atomic mass is 16.5. The van der Waals surface area contributed by atoms with Gasteiger partial charge in [-0.1, -0.05) is 0 Å². The molecule has 0 bridgehead atoms. The van der Waals surface area contributed by atoms with Crippen LogP contribution in [0.4, 0.5) is 0 Å². The molecule has 3 aliphatic heterocycles. The first-order chi connectivity index (χ1) is 9.79. The number of ether oxygens (including phenoxy) is 1. The van der Waals surface area contributed by atoms with Crippen LogP contribution in [0.5, 0.6) is 0 Å². The fourth-order valence-electron chi connectivity index (χ4n) is 4.43. The van der Waals surface area contributed by atoms with Crippen molar-refractivity contribution in [3.8, 4) is 0 Å². The van der Waals surface area contributed by atoms with Crippen LogP contribution in [0.1, 0.15) is 39.0 Å². The van der Waals surface area contributed by atoms with Crippen molar-refractivity contribution in [1.29, 1.82) is 0 Å². The van der Waals surface area contributed by atoms with Gasteiger partial charge in [0.1, 0.15) is 0 Å². The summed E-state index contributed by atoms with van der Waals surface area (Å²) in [6.07, 6.45) is 7.30. The zero-order valence-corrected chi connectivity index (χ0v) is 12.8. The fourth-order valence-corrected chi connectivity index (χ4v) is 4.43. The Morgan fingerprint density at radius 1 is 1.15 bits per heavy atom. The molecule has 0 spiro atoms. The molecule has 4 rings (SSSR count). The van der Waals surface area contributed by atoms with Crippen molar-refractivity contribution in [2.75, 3.05) is 32.8 Å². The predicted molar refractivity (Wildman–Crippen MR) is 79.9 cm³/mol. The average molecular weight is 279 g/mol. The van der Waals surface area contributed by atoms with E-state index in [9.17, 15) is 0 Å². The van der Waals surface area contributed by atoms with Crippen molar-refractivity contribution in [2.24, 2.45) is 0 Å². The molecule has 0 radical (unpaired) electrons. The number of morpholine rings is 1. The molecular formula is C16H29N3O. The first kappa shape index (κ1) is 13.5. The van der Waals surface area contributed by atoms with Crippen LogP contribution in [-0.4, -0.2) is 72.9 Å². The molecule has 0 amide bonds. The van der Waals surface area contributed by atoms with Gasteiger partial charge in [-0.05, 0) is 45.6 Å². The maximum absolute atomic E-state index is 6.05. The number of nitrogens with zero attached hydrogens (tertiary/aromatic N) is 2. The van der Waals surface area contributed by atoms with E-state index in [2.05, 4.69) is 22.0 Å². The molecule has 1 aliphatic carbocycles. The molecule has 1 N–H and O–H groups in total. The van der Waals surface area contributed by atoms with E-state index >= 15 is 0 Å². The lowest BCUT2D eigenvalue weighted by atomic mass is 10.1. The van der Waals surface area contributed by atoms with Crippen LogP contribution < -0.4 is 5.32 Å². The molecule has 0 aromatic heterocycles. The van der Waals surface area contributed by atoms with Crippen molar-refractivity contribution < 1.29 is 4.74 Å². The molecule has 4 heteroatoms. The second-order valence-corrected chi connectivity index (χ2v) is 7.36. The van der Waals surface area contributed by atoms with Gasteiger partial charge in [0.25, 0.3) is 0 Å². The lowest BCUT2D eigenvalue weighted by Gasteiger charge is -2.35. The third kappa shape index (κ3) is 2.76. The number of fused-ring (bicyclic) bond motifs is 1. The van der Waals surface area contributed by atoms with Gasteiger partial charge in [0.05, 0.1) is 12.7 Å². The molecule has 4 aliphatic rings. The lowest BCUT2D eigenvalue weighted by molar-refractivity contribution is -0.0477. The van der Waals surface area contributed by atoms with Gasteiger partial charge in [-0.3, -0.25) is 9.80 Å². The van der Waals surface area contributed by atoms with Crippen molar-refractivity contribution in [2.45, 2.75) is 69.3 Å². The Morgan fingerprint density at radius 2 is 2.05 bits per heavy atom. The van der Waals surface area contributed by atoms with E-state index in [0.717, 1.165) is 37.8 Å². The van der Waals surface area contributed by atoms with E-state index in [1.807, 2.05) is 0 Å². The summed E-state index contributed by atoms with van der Waals surface area (Å²) in [4.78, 5) is 5.36. The van der Waals surface area contributed by atoms with Gasteiger partial charge in [-0.2, -0.15) is 0 Å². The molecule has 1 saturated carbocycles. The van der Waals surface area contributed by atoms with E-state index in [4.69, 9.17) is 4.74 Å². The minimum absolute atomic E-state index is 0.412. The quantitative estimate of drug-likeness (QED) is 0.833. The Kier molecular flexibility index (Phi) is 3.75. The Bertz CT molecular complexity index is 343. The minimum atomic E-state index is 0.412. The second kappa shape index (κ2) is 5.56. The Balaban J connectivity index is 1.22. The largest absolute Gasteiger partial charge is 0.374 e. The van der Waals surface area contributed by atoms with E-state index in [-0.39, 0.29) is 0 Å². The third-order valence-corrected chi connectivity index (χ3v) is 5.73. The SMILES string of the molecule is CC1CC(NCC2CN3CCCC3CO2)CN1C1CC1. The normalized spacial score (nSPS) is 43.0. The van der Waals surface area contributed by atoms with Crippen LogP contribution in [0.3, 0.4) is 0 Å². The van der Waals surface area contributed by atoms with Gasteiger partial charge < -0.3 is 10.1 Å². The lowest BCUT2D eigenvalue weighted by Crippen LogP contribution is -2.50. The van der Waals surface area contributed by atoms with Crippen molar-refractivity contribution in [1.82, 2.24) is 15.1 Å². The summed E-state index contributed by atoms with van der Waals surface area (Å²) in [5.74, 6) is 0. The van der Waals surface area contributed by atoms with Crippen molar-refractivity contribution in [3.63, 3.8) is 0 Å². The summed E-state index contributed by atoms with van der Waals surface area (Å²) in [6, 6.07) is 3.09. The molecule has 3 heterocycles. The van der Waals surface area contributed by atoms with Gasteiger partial charge in [-0.15, -0.1) is 0 Å². The van der Waals surface area contributed by atoms with Crippen molar-refractivity contribution in [3.05, 3.63) is 0 Å². The molecule has 4 fully saturated rings. The number of likely N-dealkylation sites (tertiary alicyclic amines) is 1. The molecule has 20 heavy (non-hydrogen) atoms. The maximum atomic E-state index is 6.05. The third-order valence-electron chi connectivity index (χ3n) is 5.73. The summed E-state index contributed by atoms with van der Waals surface area (Å²) >= 11 is 0. The second-order valence-electron chi connectivity index (χ2n) is 7.36. The van der Waals surface area contributed by atoms with Crippen LogP contribution in [0.2, 0.25) is 0 Å². The van der Waals surface area contributed by atoms with Crippen LogP contribution in [0.15, 0.2) is 0 Å². The number of hydrogen-bond acceptors (Lipinski definition) is 4. The van der Waals surface area contributed by atoms with Crippen LogP contribution in [0, 0.1) is 0 Å². The predicted octanol–water partition coefficient (Wildman–Crippen LogP) is 1.06. The molecule has 4 unspecified atom stereocenters. The molecule has 4 atom stereocenters. The standard InChI is InChI=1S/C16H29N3O/c1-12-7-13(9-19(12)14-4-5-14)17-8-16-10-18-6-2-3-15(18)11-20-16/h12-17H,2-11H2,1H3. The highest BCUT2D eigenvalue weighted by Crippen LogP contribution is 2.33. The van der Waals surface area contributed by atoms with E-state index in [0.29, 0.717) is 12.1 Å². The maximum Gasteiger partial charge on any atom is 0.0827 e. The molecule has 114 valence electrons. The zero-order chi connectivity index (χ0) is 13.5. The number of hydrogen-bond donors (Lipinski definition) is 1. The first-order valence-corrected chi connectivity index (χ1v) is 8.64. The average Bonchev–Trinajstić information content (AvgIpc) is 3.06. The summed E-state index contributed by atoms with van der Waals surface area (Å²) in [5, 5.41) is 3.78. The molecule has 4 nitrogen and oxygen atoms in total. The summed E-state index contributed by atoms with van der Waals surface area (Å²) in [7, 11) is 0. The van der Waals surface area contributed by atoms with Gasteiger partial charge >= 0.3 is 0 Å². The number of nitrogens with one attached hydrogen (secondary N) is 1. The summed E-state index contributed by atoms with van der Waals surface area (Å²) in [5.41, 5.74) is 0. The minimum Gasteiger partial charge on any atom is -0.374 e. The van der Waals surface area contributed by atoms with Crippen LogP contribution in [-0.2, 0) is 4.74 Å². The Hall–Kier alpha value is -0.160. The number of rotatable bonds is 4. The highest BCUT2D eigenvalue weighted by molar-refractivity contribution is 4.96. The van der Waals surface area contributed by atoms with E-state index in [1.165, 1.54) is 45.2 Å². The van der Waals surface area contributed by atoms with Gasteiger partial charge in [-0.25, -0.2) is 0 Å². The van der Waals surface area contributed by atoms with Gasteiger partial charge in [0, 0.05) is 43.8 Å².